The monoisotopic (exact) mass is 322 g/mol. The Bertz CT molecular complexity index is 843. The zero-order chi connectivity index (χ0) is 14.9. The molecule has 2 unspecified atom stereocenters. The fraction of sp³-hybridized carbons (Fsp3) is 0.0526. The van der Waals surface area contributed by atoms with Crippen LogP contribution >= 0.6 is 11.8 Å². The lowest BCUT2D eigenvalue weighted by Crippen LogP contribution is -2.02. The Morgan fingerprint density at radius 2 is 1.36 bits per heavy atom. The Kier molecular flexibility index (Phi) is 3.60. The first-order valence-electron chi connectivity index (χ1n) is 7.15. The fourth-order valence-electron chi connectivity index (χ4n) is 2.73. The van der Waals surface area contributed by atoms with Crippen molar-refractivity contribution in [2.75, 3.05) is 0 Å². The van der Waals surface area contributed by atoms with E-state index in [2.05, 4.69) is 30.3 Å². The standard InChI is InChI=1S/C19H14OS2/c20-22-18-13-7-5-11-16(18)15-10-4-6-12-17(15)21-19(22)14-8-2-1-3-9-14/h1-13,19H. The lowest BCUT2D eigenvalue weighted by Gasteiger charge is -2.14. The predicted octanol–water partition coefficient (Wildman–Crippen LogP) is 5.27. The van der Waals surface area contributed by atoms with E-state index < -0.39 is 10.8 Å². The van der Waals surface area contributed by atoms with Crippen LogP contribution in [0.1, 0.15) is 10.1 Å². The maximum absolute atomic E-state index is 13.2. The van der Waals surface area contributed by atoms with Crippen molar-refractivity contribution in [1.82, 2.24) is 0 Å². The lowest BCUT2D eigenvalue weighted by atomic mass is 10.1. The summed E-state index contributed by atoms with van der Waals surface area (Å²) >= 11 is 1.70. The molecule has 0 fully saturated rings. The van der Waals surface area contributed by atoms with Gasteiger partial charge in [0.25, 0.3) is 0 Å². The molecular formula is C19H14OS2. The van der Waals surface area contributed by atoms with Gasteiger partial charge in [-0.05, 0) is 28.8 Å². The fourth-order valence-corrected chi connectivity index (χ4v) is 5.93. The molecule has 2 atom stereocenters. The molecule has 1 aliphatic rings. The van der Waals surface area contributed by atoms with Crippen molar-refractivity contribution in [3.8, 4) is 11.1 Å². The summed E-state index contributed by atoms with van der Waals surface area (Å²) in [4.78, 5) is 2.11. The first-order chi connectivity index (χ1) is 10.8. The molecule has 0 spiro atoms. The van der Waals surface area contributed by atoms with Crippen molar-refractivity contribution in [3.63, 3.8) is 0 Å². The van der Waals surface area contributed by atoms with Crippen molar-refractivity contribution < 1.29 is 4.21 Å². The van der Waals surface area contributed by atoms with Gasteiger partial charge in [-0.3, -0.25) is 4.21 Å². The zero-order valence-electron chi connectivity index (χ0n) is 11.8. The normalized spacial score (nSPS) is 19.8. The highest BCUT2D eigenvalue weighted by Gasteiger charge is 2.28. The van der Waals surface area contributed by atoms with Crippen LogP contribution in [0, 0.1) is 0 Å². The molecule has 4 rings (SSSR count). The van der Waals surface area contributed by atoms with Crippen LogP contribution in [0.5, 0.6) is 0 Å². The highest BCUT2D eigenvalue weighted by atomic mass is 32.2. The summed E-state index contributed by atoms with van der Waals surface area (Å²) in [5.41, 5.74) is 3.37. The van der Waals surface area contributed by atoms with Gasteiger partial charge >= 0.3 is 0 Å². The van der Waals surface area contributed by atoms with E-state index in [-0.39, 0.29) is 4.58 Å². The van der Waals surface area contributed by atoms with Crippen molar-refractivity contribution in [3.05, 3.63) is 84.4 Å². The molecule has 0 saturated heterocycles. The molecule has 1 nitrogen and oxygen atoms in total. The van der Waals surface area contributed by atoms with E-state index in [1.54, 1.807) is 11.8 Å². The number of fused-ring (bicyclic) bond motifs is 3. The topological polar surface area (TPSA) is 17.1 Å². The minimum Gasteiger partial charge on any atom is -0.253 e. The minimum absolute atomic E-state index is 0.0778. The number of benzene rings is 3. The van der Waals surface area contributed by atoms with Crippen LogP contribution in [0.15, 0.2) is 88.7 Å². The van der Waals surface area contributed by atoms with Gasteiger partial charge in [0.15, 0.2) is 0 Å². The molecule has 0 bridgehead atoms. The number of rotatable bonds is 1. The molecule has 108 valence electrons. The highest BCUT2D eigenvalue weighted by molar-refractivity contribution is 8.11. The summed E-state index contributed by atoms with van der Waals surface area (Å²) in [5, 5.41) is 0. The summed E-state index contributed by atoms with van der Waals surface area (Å²) in [6.45, 7) is 0. The average Bonchev–Trinajstić information content (AvgIpc) is 2.72. The molecule has 0 saturated carbocycles. The molecule has 1 aliphatic heterocycles. The van der Waals surface area contributed by atoms with Crippen LogP contribution in [0.4, 0.5) is 0 Å². The van der Waals surface area contributed by atoms with Gasteiger partial charge in [0.1, 0.15) is 4.58 Å². The molecule has 0 amide bonds. The third kappa shape index (κ3) is 2.31. The minimum atomic E-state index is -1.08. The molecule has 22 heavy (non-hydrogen) atoms. The molecule has 3 aromatic carbocycles. The molecular weight excluding hydrogens is 308 g/mol. The molecule has 3 aromatic rings. The van der Waals surface area contributed by atoms with Crippen LogP contribution in [0.25, 0.3) is 11.1 Å². The summed E-state index contributed by atoms with van der Waals surface area (Å²) in [7, 11) is -1.08. The van der Waals surface area contributed by atoms with E-state index in [1.165, 1.54) is 10.5 Å². The van der Waals surface area contributed by atoms with E-state index >= 15 is 0 Å². The average molecular weight is 322 g/mol. The van der Waals surface area contributed by atoms with Crippen molar-refractivity contribution in [2.24, 2.45) is 0 Å². The predicted molar refractivity (Wildman–Crippen MR) is 93.3 cm³/mol. The second-order valence-electron chi connectivity index (χ2n) is 5.15. The number of hydrogen-bond acceptors (Lipinski definition) is 2. The maximum atomic E-state index is 13.2. The van der Waals surface area contributed by atoms with Gasteiger partial charge in [-0.2, -0.15) is 0 Å². The van der Waals surface area contributed by atoms with Gasteiger partial charge in [-0.15, -0.1) is 11.8 Å². The Morgan fingerprint density at radius 3 is 2.18 bits per heavy atom. The van der Waals surface area contributed by atoms with Crippen molar-refractivity contribution in [2.45, 2.75) is 14.4 Å². The van der Waals surface area contributed by atoms with Crippen LogP contribution in [-0.4, -0.2) is 4.21 Å². The molecule has 0 N–H and O–H groups in total. The first kappa shape index (κ1) is 13.8. The van der Waals surface area contributed by atoms with E-state index in [1.807, 2.05) is 48.5 Å². The summed E-state index contributed by atoms with van der Waals surface area (Å²) in [6, 6.07) is 26.5. The molecule has 0 aromatic heterocycles. The third-order valence-corrected chi connectivity index (χ3v) is 7.14. The quantitative estimate of drug-likeness (QED) is 0.607. The van der Waals surface area contributed by atoms with E-state index in [9.17, 15) is 4.21 Å². The van der Waals surface area contributed by atoms with Gasteiger partial charge in [-0.25, -0.2) is 0 Å². The Labute approximate surface area is 136 Å². The first-order valence-corrected chi connectivity index (χ1v) is 9.24. The maximum Gasteiger partial charge on any atom is 0.114 e. The van der Waals surface area contributed by atoms with E-state index in [0.29, 0.717) is 0 Å². The summed E-state index contributed by atoms with van der Waals surface area (Å²) in [6.07, 6.45) is 0. The number of thioether (sulfide) groups is 1. The SMILES string of the molecule is O=S1c2ccccc2-c2ccccc2SC1c1ccccc1. The second-order valence-corrected chi connectivity index (χ2v) is 8.10. The van der Waals surface area contributed by atoms with Gasteiger partial charge in [0.05, 0.1) is 10.8 Å². The molecule has 0 aliphatic carbocycles. The van der Waals surface area contributed by atoms with Crippen LogP contribution in [0.2, 0.25) is 0 Å². The van der Waals surface area contributed by atoms with Crippen molar-refractivity contribution >= 4 is 22.6 Å². The smallest absolute Gasteiger partial charge is 0.114 e. The van der Waals surface area contributed by atoms with Gasteiger partial charge < -0.3 is 0 Å². The number of hydrogen-bond donors (Lipinski definition) is 0. The van der Waals surface area contributed by atoms with Crippen LogP contribution < -0.4 is 0 Å². The second kappa shape index (κ2) is 5.75. The lowest BCUT2D eigenvalue weighted by molar-refractivity contribution is 0.682. The van der Waals surface area contributed by atoms with Crippen LogP contribution in [-0.2, 0) is 10.8 Å². The Balaban J connectivity index is 1.95. The van der Waals surface area contributed by atoms with Crippen molar-refractivity contribution in [1.29, 1.82) is 0 Å². The van der Waals surface area contributed by atoms with E-state index in [4.69, 9.17) is 0 Å². The molecule has 3 heteroatoms. The summed E-state index contributed by atoms with van der Waals surface area (Å²) < 4.78 is 13.1. The zero-order valence-corrected chi connectivity index (χ0v) is 13.4. The Hall–Kier alpha value is -1.84. The van der Waals surface area contributed by atoms with Gasteiger partial charge in [0, 0.05) is 9.79 Å². The largest absolute Gasteiger partial charge is 0.253 e. The van der Waals surface area contributed by atoms with Gasteiger partial charge in [-0.1, -0.05) is 66.7 Å². The Morgan fingerprint density at radius 1 is 0.727 bits per heavy atom. The molecule has 0 radical (unpaired) electrons. The van der Waals surface area contributed by atoms with Crippen LogP contribution in [0.3, 0.4) is 0 Å². The summed E-state index contributed by atoms with van der Waals surface area (Å²) in [5.74, 6) is 0. The highest BCUT2D eigenvalue weighted by Crippen LogP contribution is 2.48. The third-order valence-electron chi connectivity index (χ3n) is 3.78. The van der Waals surface area contributed by atoms with E-state index in [0.717, 1.165) is 16.0 Å². The molecule has 1 heterocycles. The van der Waals surface area contributed by atoms with Gasteiger partial charge in [0.2, 0.25) is 0 Å².